The van der Waals surface area contributed by atoms with Gasteiger partial charge in [-0.05, 0) is 30.6 Å². The standard InChI is InChI=1S/C17H33NO2/c1-14(13-17(2,3)4)12-16(20)18(10-11-19)15-8-6-5-7-9-15/h14-15,19H,5-13H2,1-4H3. The van der Waals surface area contributed by atoms with Gasteiger partial charge in [0.2, 0.25) is 5.91 Å². The first-order valence-corrected chi connectivity index (χ1v) is 8.24. The highest BCUT2D eigenvalue weighted by Gasteiger charge is 2.26. The average molecular weight is 283 g/mol. The normalized spacial score (nSPS) is 18.9. The van der Waals surface area contributed by atoms with E-state index in [1.807, 2.05) is 4.90 Å². The van der Waals surface area contributed by atoms with Crippen molar-refractivity contribution >= 4 is 5.91 Å². The second kappa shape index (κ2) is 8.02. The first-order chi connectivity index (χ1) is 9.33. The fourth-order valence-corrected chi connectivity index (χ4v) is 3.54. The van der Waals surface area contributed by atoms with Crippen LogP contribution in [0.25, 0.3) is 0 Å². The molecule has 1 rings (SSSR count). The van der Waals surface area contributed by atoms with Gasteiger partial charge in [0.15, 0.2) is 0 Å². The summed E-state index contributed by atoms with van der Waals surface area (Å²) in [7, 11) is 0. The Bertz CT molecular complexity index is 290. The Morgan fingerprint density at radius 3 is 2.35 bits per heavy atom. The van der Waals surface area contributed by atoms with Gasteiger partial charge in [0.05, 0.1) is 6.61 Å². The molecule has 1 unspecified atom stereocenters. The largest absolute Gasteiger partial charge is 0.395 e. The number of rotatable bonds is 6. The lowest BCUT2D eigenvalue weighted by Gasteiger charge is -2.35. The summed E-state index contributed by atoms with van der Waals surface area (Å²) < 4.78 is 0. The molecule has 0 aliphatic heterocycles. The molecule has 1 fully saturated rings. The smallest absolute Gasteiger partial charge is 0.223 e. The van der Waals surface area contributed by atoms with Crippen LogP contribution < -0.4 is 0 Å². The van der Waals surface area contributed by atoms with Crippen LogP contribution in [0.4, 0.5) is 0 Å². The molecule has 1 saturated carbocycles. The number of hydrogen-bond donors (Lipinski definition) is 1. The van der Waals surface area contributed by atoms with Crippen LogP contribution in [0.2, 0.25) is 0 Å². The third-order valence-corrected chi connectivity index (χ3v) is 4.16. The van der Waals surface area contributed by atoms with Crippen LogP contribution in [0, 0.1) is 11.3 Å². The molecular formula is C17H33NO2. The molecule has 1 amide bonds. The lowest BCUT2D eigenvalue weighted by atomic mass is 9.84. The number of nitrogens with zero attached hydrogens (tertiary/aromatic N) is 1. The van der Waals surface area contributed by atoms with Crippen molar-refractivity contribution in [1.29, 1.82) is 0 Å². The van der Waals surface area contributed by atoms with Crippen LogP contribution in [-0.2, 0) is 4.79 Å². The van der Waals surface area contributed by atoms with Crippen molar-refractivity contribution in [2.24, 2.45) is 11.3 Å². The van der Waals surface area contributed by atoms with Crippen molar-refractivity contribution in [2.45, 2.75) is 78.7 Å². The van der Waals surface area contributed by atoms with Crippen LogP contribution in [0.1, 0.15) is 72.6 Å². The fraction of sp³-hybridized carbons (Fsp3) is 0.941. The zero-order valence-corrected chi connectivity index (χ0v) is 13.8. The first-order valence-electron chi connectivity index (χ1n) is 8.24. The van der Waals surface area contributed by atoms with E-state index in [0.717, 1.165) is 19.3 Å². The van der Waals surface area contributed by atoms with E-state index in [-0.39, 0.29) is 17.9 Å². The van der Waals surface area contributed by atoms with Crippen LogP contribution in [0.5, 0.6) is 0 Å². The van der Waals surface area contributed by atoms with Crippen LogP contribution in [-0.4, -0.2) is 35.1 Å². The van der Waals surface area contributed by atoms with E-state index >= 15 is 0 Å². The fourth-order valence-electron chi connectivity index (χ4n) is 3.54. The van der Waals surface area contributed by atoms with E-state index in [0.29, 0.717) is 24.9 Å². The van der Waals surface area contributed by atoms with Gasteiger partial charge in [0.25, 0.3) is 0 Å². The highest BCUT2D eigenvalue weighted by molar-refractivity contribution is 5.76. The third kappa shape index (κ3) is 6.25. The van der Waals surface area contributed by atoms with E-state index in [1.54, 1.807) is 0 Å². The maximum absolute atomic E-state index is 12.5. The van der Waals surface area contributed by atoms with Crippen molar-refractivity contribution in [2.75, 3.05) is 13.2 Å². The SMILES string of the molecule is CC(CC(=O)N(CCO)C1CCCCC1)CC(C)(C)C. The Labute approximate surface area is 124 Å². The molecule has 0 radical (unpaired) electrons. The zero-order chi connectivity index (χ0) is 15.2. The summed E-state index contributed by atoms with van der Waals surface area (Å²) in [4.78, 5) is 14.5. The summed E-state index contributed by atoms with van der Waals surface area (Å²) in [6.45, 7) is 9.42. The minimum atomic E-state index is 0.0793. The molecule has 3 nitrogen and oxygen atoms in total. The summed E-state index contributed by atoms with van der Waals surface area (Å²) >= 11 is 0. The Kier molecular flexibility index (Phi) is 7.01. The van der Waals surface area contributed by atoms with Crippen molar-refractivity contribution in [3.05, 3.63) is 0 Å². The van der Waals surface area contributed by atoms with Crippen molar-refractivity contribution in [3.63, 3.8) is 0 Å². The molecule has 0 aromatic rings. The van der Waals surface area contributed by atoms with E-state index in [9.17, 15) is 9.90 Å². The van der Waals surface area contributed by atoms with Crippen LogP contribution in [0.3, 0.4) is 0 Å². The van der Waals surface area contributed by atoms with Crippen LogP contribution >= 0.6 is 0 Å². The molecule has 118 valence electrons. The molecule has 0 saturated heterocycles. The van der Waals surface area contributed by atoms with Gasteiger partial charge >= 0.3 is 0 Å². The minimum absolute atomic E-state index is 0.0793. The summed E-state index contributed by atoms with van der Waals surface area (Å²) in [5.41, 5.74) is 0.270. The van der Waals surface area contributed by atoms with Gasteiger partial charge in [-0.1, -0.05) is 47.0 Å². The number of carbonyl (C=O) groups is 1. The summed E-state index contributed by atoms with van der Waals surface area (Å²) in [6, 6.07) is 0.366. The molecular weight excluding hydrogens is 250 g/mol. The average Bonchev–Trinajstić information content (AvgIpc) is 2.34. The molecule has 1 atom stereocenters. The van der Waals surface area contributed by atoms with Gasteiger partial charge in [-0.2, -0.15) is 0 Å². The van der Waals surface area contributed by atoms with Crippen molar-refractivity contribution < 1.29 is 9.90 Å². The molecule has 1 aliphatic carbocycles. The molecule has 1 N–H and O–H groups in total. The Morgan fingerprint density at radius 2 is 1.85 bits per heavy atom. The number of carbonyl (C=O) groups excluding carboxylic acids is 1. The Morgan fingerprint density at radius 1 is 1.25 bits per heavy atom. The predicted molar refractivity (Wildman–Crippen MR) is 83.5 cm³/mol. The zero-order valence-electron chi connectivity index (χ0n) is 13.8. The number of aliphatic hydroxyl groups is 1. The summed E-state index contributed by atoms with van der Waals surface area (Å²) in [6.07, 6.45) is 7.63. The lowest BCUT2D eigenvalue weighted by Crippen LogP contribution is -2.43. The van der Waals surface area contributed by atoms with Gasteiger partial charge in [-0.25, -0.2) is 0 Å². The molecule has 0 aromatic carbocycles. The van der Waals surface area contributed by atoms with Gasteiger partial charge in [0, 0.05) is 19.0 Å². The van der Waals surface area contributed by atoms with E-state index < -0.39 is 0 Å². The van der Waals surface area contributed by atoms with Gasteiger partial charge in [-0.15, -0.1) is 0 Å². The molecule has 0 aromatic heterocycles. The molecule has 1 aliphatic rings. The summed E-state index contributed by atoms with van der Waals surface area (Å²) in [5.74, 6) is 0.648. The second-order valence-electron chi connectivity index (χ2n) is 7.68. The lowest BCUT2D eigenvalue weighted by molar-refractivity contribution is -0.135. The van der Waals surface area contributed by atoms with Crippen molar-refractivity contribution in [1.82, 2.24) is 4.90 Å². The van der Waals surface area contributed by atoms with E-state index in [1.165, 1.54) is 19.3 Å². The second-order valence-corrected chi connectivity index (χ2v) is 7.68. The topological polar surface area (TPSA) is 40.5 Å². The molecule has 0 bridgehead atoms. The predicted octanol–water partition coefficient (Wildman–Crippen LogP) is 3.60. The quantitative estimate of drug-likeness (QED) is 0.809. The van der Waals surface area contributed by atoms with E-state index in [4.69, 9.17) is 0 Å². The maximum Gasteiger partial charge on any atom is 0.223 e. The minimum Gasteiger partial charge on any atom is -0.395 e. The Hall–Kier alpha value is -0.570. The monoisotopic (exact) mass is 283 g/mol. The molecule has 0 spiro atoms. The number of amides is 1. The van der Waals surface area contributed by atoms with Crippen molar-refractivity contribution in [3.8, 4) is 0 Å². The molecule has 3 heteroatoms. The Balaban J connectivity index is 2.54. The highest BCUT2D eigenvalue weighted by Crippen LogP contribution is 2.28. The molecule has 20 heavy (non-hydrogen) atoms. The van der Waals surface area contributed by atoms with Gasteiger partial charge in [-0.3, -0.25) is 4.79 Å². The third-order valence-electron chi connectivity index (χ3n) is 4.16. The first kappa shape index (κ1) is 17.5. The summed E-state index contributed by atoms with van der Waals surface area (Å²) in [5, 5.41) is 9.24. The maximum atomic E-state index is 12.5. The number of aliphatic hydroxyl groups excluding tert-OH is 1. The van der Waals surface area contributed by atoms with E-state index in [2.05, 4.69) is 27.7 Å². The highest BCUT2D eigenvalue weighted by atomic mass is 16.3. The van der Waals surface area contributed by atoms with Gasteiger partial charge < -0.3 is 10.0 Å². The number of hydrogen-bond acceptors (Lipinski definition) is 2. The molecule has 0 heterocycles. The van der Waals surface area contributed by atoms with Gasteiger partial charge in [0.1, 0.15) is 0 Å². The van der Waals surface area contributed by atoms with Crippen LogP contribution in [0.15, 0.2) is 0 Å².